The van der Waals surface area contributed by atoms with E-state index in [1.807, 2.05) is 50.3 Å². The largest absolute Gasteiger partial charge is 0.493 e. The summed E-state index contributed by atoms with van der Waals surface area (Å²) in [5.41, 5.74) is 2.08. The van der Waals surface area contributed by atoms with Crippen molar-refractivity contribution in [2.75, 3.05) is 20.8 Å². The van der Waals surface area contributed by atoms with Crippen LogP contribution in [0.5, 0.6) is 23.0 Å². The van der Waals surface area contributed by atoms with Gasteiger partial charge in [-0.05, 0) is 50.6 Å². The molecule has 0 amide bonds. The molecule has 0 saturated carbocycles. The molecule has 0 bridgehead atoms. The normalized spacial score (nSPS) is 18.9. The Kier molecular flexibility index (Phi) is 4.53. The van der Waals surface area contributed by atoms with Gasteiger partial charge in [0.05, 0.1) is 26.7 Å². The summed E-state index contributed by atoms with van der Waals surface area (Å²) in [6, 6.07) is 9.26. The first kappa shape index (κ1) is 18.4. The molecule has 0 saturated heterocycles. The van der Waals surface area contributed by atoms with Gasteiger partial charge in [-0.25, -0.2) is 0 Å². The highest BCUT2D eigenvalue weighted by atomic mass is 16.5. The molecule has 0 aliphatic carbocycles. The predicted octanol–water partition coefficient (Wildman–Crippen LogP) is 4.64. The van der Waals surface area contributed by atoms with Gasteiger partial charge in [0.1, 0.15) is 17.1 Å². The number of carbonyl (C=O) groups is 1. The molecule has 5 heteroatoms. The van der Waals surface area contributed by atoms with E-state index in [1.54, 1.807) is 20.3 Å². The van der Waals surface area contributed by atoms with Gasteiger partial charge >= 0.3 is 0 Å². The van der Waals surface area contributed by atoms with Crippen molar-refractivity contribution in [3.63, 3.8) is 0 Å². The van der Waals surface area contributed by atoms with E-state index in [-0.39, 0.29) is 17.3 Å². The lowest BCUT2D eigenvalue weighted by atomic mass is 9.85. The fourth-order valence-electron chi connectivity index (χ4n) is 3.72. The number of rotatable bonds is 4. The summed E-state index contributed by atoms with van der Waals surface area (Å²) in [5, 5.41) is 0. The lowest BCUT2D eigenvalue weighted by Gasteiger charge is -2.29. The van der Waals surface area contributed by atoms with Crippen molar-refractivity contribution in [3.05, 3.63) is 53.1 Å². The van der Waals surface area contributed by atoms with E-state index in [9.17, 15) is 4.79 Å². The molecule has 0 radical (unpaired) electrons. The van der Waals surface area contributed by atoms with E-state index in [0.717, 1.165) is 16.9 Å². The van der Waals surface area contributed by atoms with Gasteiger partial charge in [-0.1, -0.05) is 6.08 Å². The zero-order chi connectivity index (χ0) is 19.9. The van der Waals surface area contributed by atoms with E-state index in [4.69, 9.17) is 18.9 Å². The van der Waals surface area contributed by atoms with E-state index in [0.29, 0.717) is 35.8 Å². The number of carbonyl (C=O) groups excluding carboxylic acids is 1. The minimum absolute atomic E-state index is 0.0674. The Morgan fingerprint density at radius 2 is 1.82 bits per heavy atom. The number of Topliss-reactive ketones (excluding diaryl/α,β-unsaturated/α-hetero) is 1. The summed E-state index contributed by atoms with van der Waals surface area (Å²) < 4.78 is 22.5. The Bertz CT molecular complexity index is 958. The minimum atomic E-state index is -0.340. The van der Waals surface area contributed by atoms with Crippen LogP contribution < -0.4 is 18.9 Å². The monoisotopic (exact) mass is 380 g/mol. The average Bonchev–Trinajstić information content (AvgIpc) is 2.70. The molecular weight excluding hydrogens is 356 g/mol. The molecule has 28 heavy (non-hydrogen) atoms. The van der Waals surface area contributed by atoms with Gasteiger partial charge in [-0.3, -0.25) is 4.79 Å². The van der Waals surface area contributed by atoms with Crippen LogP contribution >= 0.6 is 0 Å². The van der Waals surface area contributed by atoms with E-state index >= 15 is 0 Å². The molecule has 2 heterocycles. The first-order valence-electron chi connectivity index (χ1n) is 9.37. The van der Waals surface area contributed by atoms with Gasteiger partial charge in [0.15, 0.2) is 17.3 Å². The van der Waals surface area contributed by atoms with Crippen LogP contribution in [0.15, 0.2) is 36.4 Å². The molecule has 0 spiro atoms. The van der Waals surface area contributed by atoms with Crippen LogP contribution in [0, 0.1) is 0 Å². The molecule has 4 rings (SSSR count). The van der Waals surface area contributed by atoms with Crippen molar-refractivity contribution in [2.24, 2.45) is 0 Å². The molecule has 0 fully saturated rings. The molecule has 2 aliphatic rings. The quantitative estimate of drug-likeness (QED) is 0.724. The average molecular weight is 380 g/mol. The third kappa shape index (κ3) is 3.21. The molecule has 0 aromatic heterocycles. The summed E-state index contributed by atoms with van der Waals surface area (Å²) in [6.45, 7) is 4.50. The number of methoxy groups -OCH3 is 2. The predicted molar refractivity (Wildman–Crippen MR) is 107 cm³/mol. The first-order valence-corrected chi connectivity index (χ1v) is 9.37. The molecule has 1 unspecified atom stereocenters. The van der Waals surface area contributed by atoms with Crippen LogP contribution in [-0.4, -0.2) is 32.2 Å². The lowest BCUT2D eigenvalue weighted by Crippen LogP contribution is -2.27. The highest BCUT2D eigenvalue weighted by molar-refractivity contribution is 6.02. The van der Waals surface area contributed by atoms with Gasteiger partial charge < -0.3 is 18.9 Å². The van der Waals surface area contributed by atoms with Crippen molar-refractivity contribution < 1.29 is 23.7 Å². The van der Waals surface area contributed by atoms with E-state index in [2.05, 4.69) is 0 Å². The van der Waals surface area contributed by atoms with Crippen LogP contribution in [0.3, 0.4) is 0 Å². The number of fused-ring (bicyclic) bond motifs is 2. The summed E-state index contributed by atoms with van der Waals surface area (Å²) >= 11 is 0. The summed E-state index contributed by atoms with van der Waals surface area (Å²) in [7, 11) is 3.17. The molecule has 146 valence electrons. The summed E-state index contributed by atoms with van der Waals surface area (Å²) in [4.78, 5) is 13.3. The topological polar surface area (TPSA) is 54.0 Å². The van der Waals surface area contributed by atoms with Crippen LogP contribution in [0.4, 0.5) is 0 Å². The summed E-state index contributed by atoms with van der Waals surface area (Å²) in [6.07, 6.45) is 4.64. The second-order valence-corrected chi connectivity index (χ2v) is 7.59. The Morgan fingerprint density at radius 1 is 1.07 bits per heavy atom. The maximum atomic E-state index is 13.3. The van der Waals surface area contributed by atoms with Crippen molar-refractivity contribution in [1.82, 2.24) is 0 Å². The zero-order valence-corrected chi connectivity index (χ0v) is 16.6. The lowest BCUT2D eigenvalue weighted by molar-refractivity contribution is 0.0932. The number of ketones is 1. The van der Waals surface area contributed by atoms with Gasteiger partial charge in [-0.15, -0.1) is 0 Å². The molecule has 2 aliphatic heterocycles. The maximum absolute atomic E-state index is 13.3. The van der Waals surface area contributed by atoms with Gasteiger partial charge in [-0.2, -0.15) is 0 Å². The van der Waals surface area contributed by atoms with Crippen LogP contribution in [0.2, 0.25) is 0 Å². The standard InChI is InChI=1S/C23H24O5/c1-23(2)9-7-14-11-15(5-6-18(14)28-23)22(24)16-8-10-27-19-13-21(26-4)20(25-3)12-17(16)19/h5-7,9,11-13,16H,8,10H2,1-4H3. The smallest absolute Gasteiger partial charge is 0.170 e. The van der Waals surface area contributed by atoms with Gasteiger partial charge in [0, 0.05) is 22.8 Å². The van der Waals surface area contributed by atoms with Crippen LogP contribution in [0.25, 0.3) is 6.08 Å². The third-order valence-corrected chi connectivity index (χ3v) is 5.20. The van der Waals surface area contributed by atoms with Crippen molar-refractivity contribution >= 4 is 11.9 Å². The SMILES string of the molecule is COc1cc2c(cc1OC)C(C(=O)c1ccc3c(c1)C=CC(C)(C)O3)CCO2. The van der Waals surface area contributed by atoms with Gasteiger partial charge in [0.2, 0.25) is 0 Å². The van der Waals surface area contributed by atoms with Crippen molar-refractivity contribution in [1.29, 1.82) is 0 Å². The fourth-order valence-corrected chi connectivity index (χ4v) is 3.72. The maximum Gasteiger partial charge on any atom is 0.170 e. The molecule has 2 aromatic rings. The highest BCUT2D eigenvalue weighted by Gasteiger charge is 2.31. The Morgan fingerprint density at radius 3 is 2.57 bits per heavy atom. The van der Waals surface area contributed by atoms with Crippen LogP contribution in [-0.2, 0) is 0 Å². The molecule has 5 nitrogen and oxygen atoms in total. The Labute approximate surface area is 164 Å². The van der Waals surface area contributed by atoms with Gasteiger partial charge in [0.25, 0.3) is 0 Å². The zero-order valence-electron chi connectivity index (χ0n) is 16.6. The minimum Gasteiger partial charge on any atom is -0.493 e. The molecule has 2 aromatic carbocycles. The van der Waals surface area contributed by atoms with E-state index < -0.39 is 0 Å². The second-order valence-electron chi connectivity index (χ2n) is 7.59. The fraction of sp³-hybridized carbons (Fsp3) is 0.348. The number of hydrogen-bond acceptors (Lipinski definition) is 5. The third-order valence-electron chi connectivity index (χ3n) is 5.20. The number of hydrogen-bond donors (Lipinski definition) is 0. The summed E-state index contributed by atoms with van der Waals surface area (Å²) in [5.74, 6) is 2.43. The van der Waals surface area contributed by atoms with Crippen molar-refractivity contribution in [3.8, 4) is 23.0 Å². The van der Waals surface area contributed by atoms with E-state index in [1.165, 1.54) is 0 Å². The molecular formula is C23H24O5. The Balaban J connectivity index is 1.69. The number of benzene rings is 2. The highest BCUT2D eigenvalue weighted by Crippen LogP contribution is 2.43. The van der Waals surface area contributed by atoms with Crippen molar-refractivity contribution in [2.45, 2.75) is 31.8 Å². The first-order chi connectivity index (χ1) is 13.4. The Hall–Kier alpha value is -2.95. The number of ether oxygens (including phenoxy) is 4. The van der Waals surface area contributed by atoms with Crippen LogP contribution in [0.1, 0.15) is 47.7 Å². The molecule has 1 atom stereocenters. The second kappa shape index (κ2) is 6.89. The molecule has 0 N–H and O–H groups in total.